The summed E-state index contributed by atoms with van der Waals surface area (Å²) in [6.07, 6.45) is 2.44. The number of non-ortho nitro benzene ring substituents is 1. The first-order valence-electron chi connectivity index (χ1n) is 5.77. The maximum absolute atomic E-state index is 10.8. The van der Waals surface area contributed by atoms with Crippen LogP contribution < -0.4 is 5.73 Å². The predicted octanol–water partition coefficient (Wildman–Crippen LogP) is 2.98. The quantitative estimate of drug-likeness (QED) is 0.508. The molecule has 0 bridgehead atoms. The average Bonchev–Trinajstić information content (AvgIpc) is 2.72. The zero-order valence-electron chi connectivity index (χ0n) is 10.3. The number of nitrogens with zero attached hydrogens (tertiary/aromatic N) is 3. The maximum atomic E-state index is 10.8. The number of hydrogen-bond acceptors (Lipinski definition) is 4. The van der Waals surface area contributed by atoms with Gasteiger partial charge in [0.1, 0.15) is 5.82 Å². The van der Waals surface area contributed by atoms with Crippen LogP contribution in [0.25, 0.3) is 0 Å². The van der Waals surface area contributed by atoms with E-state index in [1.807, 2.05) is 13.0 Å². The monoisotopic (exact) mass is 372 g/mol. The smallest absolute Gasteiger partial charge is 0.269 e. The standard InChI is InChI=1S/C12H13IN4O2/c1-2-11(16-12(14)10(13)7-15-16)8-4-3-5-9(6-8)17(18)19/h3-7,11H,2,14H2,1H3. The van der Waals surface area contributed by atoms with Gasteiger partial charge in [-0.25, -0.2) is 4.68 Å². The molecule has 1 aromatic carbocycles. The third kappa shape index (κ3) is 2.70. The second-order valence-electron chi connectivity index (χ2n) is 4.10. The molecule has 0 aliphatic rings. The van der Waals surface area contributed by atoms with Crippen molar-refractivity contribution in [2.75, 3.05) is 5.73 Å². The zero-order chi connectivity index (χ0) is 14.0. The van der Waals surface area contributed by atoms with Gasteiger partial charge in [-0.1, -0.05) is 19.1 Å². The van der Waals surface area contributed by atoms with Crippen LogP contribution in [-0.4, -0.2) is 14.7 Å². The number of nitro benzene ring substituents is 1. The first kappa shape index (κ1) is 13.8. The van der Waals surface area contributed by atoms with E-state index in [1.54, 1.807) is 23.0 Å². The minimum atomic E-state index is -0.396. The lowest BCUT2D eigenvalue weighted by Gasteiger charge is -2.17. The molecule has 0 amide bonds. The topological polar surface area (TPSA) is 87.0 Å². The summed E-state index contributed by atoms with van der Waals surface area (Å²) < 4.78 is 2.59. The van der Waals surface area contributed by atoms with Gasteiger partial charge in [0.15, 0.2) is 0 Å². The Morgan fingerprint density at radius 1 is 1.58 bits per heavy atom. The Hall–Kier alpha value is -1.64. The first-order valence-corrected chi connectivity index (χ1v) is 6.85. The Morgan fingerprint density at radius 3 is 2.84 bits per heavy atom. The van der Waals surface area contributed by atoms with E-state index in [4.69, 9.17) is 5.73 Å². The molecule has 0 fully saturated rings. The Labute approximate surface area is 123 Å². The lowest BCUT2D eigenvalue weighted by atomic mass is 10.0. The number of nitrogens with two attached hydrogens (primary N) is 1. The molecular weight excluding hydrogens is 359 g/mol. The van der Waals surface area contributed by atoms with Gasteiger partial charge in [0.25, 0.3) is 5.69 Å². The van der Waals surface area contributed by atoms with Gasteiger partial charge in [-0.2, -0.15) is 5.10 Å². The van der Waals surface area contributed by atoms with Gasteiger partial charge in [0.05, 0.1) is 20.7 Å². The average molecular weight is 372 g/mol. The number of aromatic nitrogens is 2. The molecule has 0 radical (unpaired) electrons. The number of nitro groups is 1. The van der Waals surface area contributed by atoms with Crippen molar-refractivity contribution >= 4 is 34.1 Å². The lowest BCUT2D eigenvalue weighted by Crippen LogP contribution is -2.14. The maximum Gasteiger partial charge on any atom is 0.269 e. The van der Waals surface area contributed by atoms with Crippen LogP contribution in [0.5, 0.6) is 0 Å². The third-order valence-electron chi connectivity index (χ3n) is 2.93. The molecule has 7 heteroatoms. The van der Waals surface area contributed by atoms with E-state index >= 15 is 0 Å². The van der Waals surface area contributed by atoms with E-state index in [1.165, 1.54) is 6.07 Å². The molecule has 1 unspecified atom stereocenters. The molecule has 1 atom stereocenters. The fourth-order valence-corrected chi connectivity index (χ4v) is 2.37. The highest BCUT2D eigenvalue weighted by Crippen LogP contribution is 2.28. The van der Waals surface area contributed by atoms with Crippen molar-refractivity contribution in [1.29, 1.82) is 0 Å². The molecule has 2 aromatic rings. The van der Waals surface area contributed by atoms with Crippen LogP contribution in [0.4, 0.5) is 11.5 Å². The normalized spacial score (nSPS) is 12.3. The van der Waals surface area contributed by atoms with Crippen LogP contribution in [0.3, 0.4) is 0 Å². The van der Waals surface area contributed by atoms with E-state index in [0.717, 1.165) is 15.6 Å². The molecule has 2 rings (SSSR count). The van der Waals surface area contributed by atoms with Crippen LogP contribution in [0, 0.1) is 13.7 Å². The number of nitrogen functional groups attached to an aromatic ring is 1. The minimum Gasteiger partial charge on any atom is -0.383 e. The highest BCUT2D eigenvalue weighted by molar-refractivity contribution is 14.1. The van der Waals surface area contributed by atoms with Crippen molar-refractivity contribution in [3.8, 4) is 0 Å². The number of anilines is 1. The number of benzene rings is 1. The number of rotatable bonds is 4. The van der Waals surface area contributed by atoms with E-state index in [9.17, 15) is 10.1 Å². The molecule has 0 saturated carbocycles. The Kier molecular flexibility index (Phi) is 4.03. The first-order chi connectivity index (χ1) is 9.04. The van der Waals surface area contributed by atoms with Gasteiger partial charge in [0.2, 0.25) is 0 Å². The summed E-state index contributed by atoms with van der Waals surface area (Å²) in [5.41, 5.74) is 6.89. The highest BCUT2D eigenvalue weighted by Gasteiger charge is 2.18. The Balaban J connectivity index is 2.45. The summed E-state index contributed by atoms with van der Waals surface area (Å²) in [7, 11) is 0. The largest absolute Gasteiger partial charge is 0.383 e. The van der Waals surface area contributed by atoms with Crippen LogP contribution in [0.2, 0.25) is 0 Å². The van der Waals surface area contributed by atoms with Gasteiger partial charge >= 0.3 is 0 Å². The number of hydrogen-bond donors (Lipinski definition) is 1. The van der Waals surface area contributed by atoms with Crippen molar-refractivity contribution in [1.82, 2.24) is 9.78 Å². The molecule has 1 aromatic heterocycles. The molecule has 0 aliphatic heterocycles. The molecule has 1 heterocycles. The van der Waals surface area contributed by atoms with Crippen molar-refractivity contribution < 1.29 is 4.92 Å². The second kappa shape index (κ2) is 5.55. The van der Waals surface area contributed by atoms with Crippen molar-refractivity contribution in [2.45, 2.75) is 19.4 Å². The third-order valence-corrected chi connectivity index (χ3v) is 3.77. The van der Waals surface area contributed by atoms with Crippen LogP contribution in [0.15, 0.2) is 30.5 Å². The molecule has 0 saturated heterocycles. The molecule has 2 N–H and O–H groups in total. The van der Waals surface area contributed by atoms with Crippen molar-refractivity contribution in [2.24, 2.45) is 0 Å². The summed E-state index contributed by atoms with van der Waals surface area (Å²) in [5, 5.41) is 15.1. The SMILES string of the molecule is CCC(c1cccc([N+](=O)[O-])c1)n1ncc(I)c1N. The zero-order valence-corrected chi connectivity index (χ0v) is 12.4. The summed E-state index contributed by atoms with van der Waals surface area (Å²) in [6, 6.07) is 6.49. The van der Waals surface area contributed by atoms with E-state index in [2.05, 4.69) is 27.7 Å². The molecule has 6 nitrogen and oxygen atoms in total. The van der Waals surface area contributed by atoms with Gasteiger partial charge in [-0.05, 0) is 34.6 Å². The lowest BCUT2D eigenvalue weighted by molar-refractivity contribution is -0.384. The Morgan fingerprint density at radius 2 is 2.32 bits per heavy atom. The molecular formula is C12H13IN4O2. The van der Waals surface area contributed by atoms with Gasteiger partial charge in [0, 0.05) is 12.1 Å². The number of halogens is 1. The van der Waals surface area contributed by atoms with Crippen LogP contribution in [-0.2, 0) is 0 Å². The molecule has 0 aliphatic carbocycles. The summed E-state index contributed by atoms with van der Waals surface area (Å²) in [6.45, 7) is 2.00. The predicted molar refractivity (Wildman–Crippen MR) is 80.9 cm³/mol. The van der Waals surface area contributed by atoms with Gasteiger partial charge in [-0.15, -0.1) is 0 Å². The van der Waals surface area contributed by atoms with Crippen LogP contribution >= 0.6 is 22.6 Å². The van der Waals surface area contributed by atoms with Gasteiger partial charge < -0.3 is 5.73 Å². The van der Waals surface area contributed by atoms with E-state index < -0.39 is 4.92 Å². The van der Waals surface area contributed by atoms with E-state index in [0.29, 0.717) is 5.82 Å². The summed E-state index contributed by atoms with van der Waals surface area (Å²) in [5.74, 6) is 0.582. The minimum absolute atomic E-state index is 0.0800. The van der Waals surface area contributed by atoms with Crippen molar-refractivity contribution in [3.05, 3.63) is 49.7 Å². The van der Waals surface area contributed by atoms with Gasteiger partial charge in [-0.3, -0.25) is 10.1 Å². The highest BCUT2D eigenvalue weighted by atomic mass is 127. The second-order valence-corrected chi connectivity index (χ2v) is 5.26. The molecule has 100 valence electrons. The molecule has 19 heavy (non-hydrogen) atoms. The van der Waals surface area contributed by atoms with E-state index in [-0.39, 0.29) is 11.7 Å². The molecule has 0 spiro atoms. The summed E-state index contributed by atoms with van der Waals surface area (Å²) in [4.78, 5) is 10.4. The summed E-state index contributed by atoms with van der Waals surface area (Å²) >= 11 is 2.11. The fraction of sp³-hybridized carbons (Fsp3) is 0.250. The fourth-order valence-electron chi connectivity index (χ4n) is 1.99. The Bertz CT molecular complexity index is 612. The van der Waals surface area contributed by atoms with Crippen molar-refractivity contribution in [3.63, 3.8) is 0 Å². The van der Waals surface area contributed by atoms with Crippen LogP contribution in [0.1, 0.15) is 24.9 Å².